The third-order valence-corrected chi connectivity index (χ3v) is 4.83. The standard InChI is InChI=1S/C17H25NO/c1-11-4-3-5-13(8-11)17-10-15(18)14-9-12(2)6-7-16(14)19-17/h6-7,9,11,13,15,17H,3-5,8,10,18H2,1-2H3/t11?,13?,15-,17?/m0/s1. The molecule has 0 amide bonds. The quantitative estimate of drug-likeness (QED) is 0.828. The Kier molecular flexibility index (Phi) is 3.53. The topological polar surface area (TPSA) is 35.2 Å². The third-order valence-electron chi connectivity index (χ3n) is 4.83. The largest absolute Gasteiger partial charge is 0.490 e. The van der Waals surface area contributed by atoms with Crippen LogP contribution in [-0.2, 0) is 0 Å². The van der Waals surface area contributed by atoms with Crippen molar-refractivity contribution in [3.8, 4) is 5.75 Å². The van der Waals surface area contributed by atoms with Gasteiger partial charge in [-0.3, -0.25) is 0 Å². The second kappa shape index (κ2) is 5.16. The molecule has 3 rings (SSSR count). The van der Waals surface area contributed by atoms with Crippen LogP contribution < -0.4 is 10.5 Å². The van der Waals surface area contributed by atoms with Crippen LogP contribution in [0.1, 0.15) is 56.2 Å². The van der Waals surface area contributed by atoms with Gasteiger partial charge in [0.15, 0.2) is 0 Å². The molecule has 0 radical (unpaired) electrons. The Morgan fingerprint density at radius 2 is 2.05 bits per heavy atom. The first-order chi connectivity index (χ1) is 9.13. The van der Waals surface area contributed by atoms with E-state index >= 15 is 0 Å². The first-order valence-corrected chi connectivity index (χ1v) is 7.66. The van der Waals surface area contributed by atoms with Crippen molar-refractivity contribution < 1.29 is 4.74 Å². The summed E-state index contributed by atoms with van der Waals surface area (Å²) in [5.74, 6) is 2.56. The van der Waals surface area contributed by atoms with Crippen LogP contribution in [0.4, 0.5) is 0 Å². The van der Waals surface area contributed by atoms with Gasteiger partial charge in [0.05, 0.1) is 0 Å². The molecule has 1 heterocycles. The average molecular weight is 259 g/mol. The van der Waals surface area contributed by atoms with Gasteiger partial charge in [-0.15, -0.1) is 0 Å². The molecule has 2 heteroatoms. The zero-order valence-electron chi connectivity index (χ0n) is 12.1. The lowest BCUT2D eigenvalue weighted by Crippen LogP contribution is -2.37. The van der Waals surface area contributed by atoms with Crippen LogP contribution in [0, 0.1) is 18.8 Å². The number of hydrogen-bond donors (Lipinski definition) is 1. The molecule has 1 aromatic carbocycles. The van der Waals surface area contributed by atoms with Crippen molar-refractivity contribution in [2.45, 2.75) is 58.1 Å². The van der Waals surface area contributed by atoms with Crippen LogP contribution in [0.2, 0.25) is 0 Å². The fourth-order valence-corrected chi connectivity index (χ4v) is 3.76. The highest BCUT2D eigenvalue weighted by Gasteiger charge is 2.33. The molecule has 1 aliphatic heterocycles. The number of fused-ring (bicyclic) bond motifs is 1. The molecule has 19 heavy (non-hydrogen) atoms. The first kappa shape index (κ1) is 13.0. The number of aryl methyl sites for hydroxylation is 1. The highest BCUT2D eigenvalue weighted by molar-refractivity contribution is 5.40. The predicted octanol–water partition coefficient (Wildman–Crippen LogP) is 3.97. The SMILES string of the molecule is Cc1ccc2c(c1)[C@@H](N)CC(C1CCCC(C)C1)O2. The minimum atomic E-state index is 0.144. The van der Waals surface area contributed by atoms with E-state index in [0.29, 0.717) is 12.0 Å². The molecule has 1 saturated carbocycles. The minimum absolute atomic E-state index is 0.144. The van der Waals surface area contributed by atoms with Gasteiger partial charge < -0.3 is 10.5 Å². The maximum atomic E-state index is 6.37. The van der Waals surface area contributed by atoms with E-state index in [1.54, 1.807) is 0 Å². The second-order valence-corrected chi connectivity index (χ2v) is 6.57. The molecule has 2 aliphatic rings. The van der Waals surface area contributed by atoms with E-state index in [-0.39, 0.29) is 6.04 Å². The molecule has 104 valence electrons. The van der Waals surface area contributed by atoms with Crippen molar-refractivity contribution in [1.82, 2.24) is 0 Å². The van der Waals surface area contributed by atoms with Crippen LogP contribution in [0.3, 0.4) is 0 Å². The highest BCUT2D eigenvalue weighted by atomic mass is 16.5. The summed E-state index contributed by atoms with van der Waals surface area (Å²) in [5.41, 5.74) is 8.83. The van der Waals surface area contributed by atoms with Crippen LogP contribution >= 0.6 is 0 Å². The Hall–Kier alpha value is -1.02. The highest BCUT2D eigenvalue weighted by Crippen LogP contribution is 2.40. The minimum Gasteiger partial charge on any atom is -0.490 e. The molecule has 0 bridgehead atoms. The zero-order chi connectivity index (χ0) is 13.4. The van der Waals surface area contributed by atoms with Gasteiger partial charge in [0.1, 0.15) is 11.9 Å². The summed E-state index contributed by atoms with van der Waals surface area (Å²) >= 11 is 0. The second-order valence-electron chi connectivity index (χ2n) is 6.57. The van der Waals surface area contributed by atoms with Crippen molar-refractivity contribution >= 4 is 0 Å². The summed E-state index contributed by atoms with van der Waals surface area (Å²) in [4.78, 5) is 0. The van der Waals surface area contributed by atoms with Crippen LogP contribution in [0.25, 0.3) is 0 Å². The van der Waals surface area contributed by atoms with E-state index in [1.807, 2.05) is 0 Å². The molecule has 0 spiro atoms. The molecule has 2 N–H and O–H groups in total. The number of hydrogen-bond acceptors (Lipinski definition) is 2. The van der Waals surface area contributed by atoms with E-state index in [4.69, 9.17) is 10.5 Å². The molecule has 0 aromatic heterocycles. The van der Waals surface area contributed by atoms with Crippen molar-refractivity contribution in [2.24, 2.45) is 17.6 Å². The number of ether oxygens (including phenoxy) is 1. The lowest BCUT2D eigenvalue weighted by molar-refractivity contribution is 0.0665. The zero-order valence-corrected chi connectivity index (χ0v) is 12.1. The number of rotatable bonds is 1. The molecule has 3 unspecified atom stereocenters. The van der Waals surface area contributed by atoms with E-state index in [9.17, 15) is 0 Å². The van der Waals surface area contributed by atoms with Crippen molar-refractivity contribution in [1.29, 1.82) is 0 Å². The molecule has 1 aliphatic carbocycles. The van der Waals surface area contributed by atoms with Crippen LogP contribution in [0.15, 0.2) is 18.2 Å². The molecule has 0 saturated heterocycles. The van der Waals surface area contributed by atoms with Gasteiger partial charge in [0, 0.05) is 18.0 Å². The maximum Gasteiger partial charge on any atom is 0.124 e. The number of benzene rings is 1. The summed E-state index contributed by atoms with van der Waals surface area (Å²) < 4.78 is 6.27. The van der Waals surface area contributed by atoms with Gasteiger partial charge in [0.2, 0.25) is 0 Å². The van der Waals surface area contributed by atoms with Crippen molar-refractivity contribution in [2.75, 3.05) is 0 Å². The fraction of sp³-hybridized carbons (Fsp3) is 0.647. The monoisotopic (exact) mass is 259 g/mol. The fourth-order valence-electron chi connectivity index (χ4n) is 3.76. The molecule has 2 nitrogen and oxygen atoms in total. The third kappa shape index (κ3) is 2.64. The van der Waals surface area contributed by atoms with Gasteiger partial charge in [0.25, 0.3) is 0 Å². The Morgan fingerprint density at radius 3 is 2.84 bits per heavy atom. The summed E-state index contributed by atoms with van der Waals surface area (Å²) in [6.45, 7) is 4.48. The molecule has 1 fully saturated rings. The van der Waals surface area contributed by atoms with Gasteiger partial charge in [-0.05, 0) is 37.7 Å². The smallest absolute Gasteiger partial charge is 0.124 e. The van der Waals surface area contributed by atoms with E-state index in [1.165, 1.54) is 36.8 Å². The first-order valence-electron chi connectivity index (χ1n) is 7.66. The Bertz CT molecular complexity index is 457. The van der Waals surface area contributed by atoms with Crippen molar-refractivity contribution in [3.05, 3.63) is 29.3 Å². The number of nitrogens with two attached hydrogens (primary N) is 1. The van der Waals surface area contributed by atoms with E-state index < -0.39 is 0 Å². The van der Waals surface area contributed by atoms with E-state index in [0.717, 1.165) is 18.1 Å². The normalized spacial score (nSPS) is 34.5. The van der Waals surface area contributed by atoms with Gasteiger partial charge in [-0.25, -0.2) is 0 Å². The molecule has 4 atom stereocenters. The molecule has 1 aromatic rings. The summed E-state index contributed by atoms with van der Waals surface area (Å²) in [7, 11) is 0. The average Bonchev–Trinajstić information content (AvgIpc) is 2.39. The van der Waals surface area contributed by atoms with Crippen LogP contribution in [0.5, 0.6) is 5.75 Å². The Morgan fingerprint density at radius 1 is 1.21 bits per heavy atom. The molecular formula is C17H25NO. The lowest BCUT2D eigenvalue weighted by Gasteiger charge is -2.38. The Labute approximate surface area is 116 Å². The summed E-state index contributed by atoms with van der Waals surface area (Å²) in [5, 5.41) is 0. The van der Waals surface area contributed by atoms with Gasteiger partial charge >= 0.3 is 0 Å². The van der Waals surface area contributed by atoms with Gasteiger partial charge in [-0.2, -0.15) is 0 Å². The van der Waals surface area contributed by atoms with Crippen LogP contribution in [-0.4, -0.2) is 6.10 Å². The van der Waals surface area contributed by atoms with Gasteiger partial charge in [-0.1, -0.05) is 37.5 Å². The van der Waals surface area contributed by atoms with Crippen molar-refractivity contribution in [3.63, 3.8) is 0 Å². The predicted molar refractivity (Wildman–Crippen MR) is 78.3 cm³/mol. The Balaban J connectivity index is 1.79. The maximum absolute atomic E-state index is 6.37. The lowest BCUT2D eigenvalue weighted by atomic mass is 9.77. The summed E-state index contributed by atoms with van der Waals surface area (Å²) in [6, 6.07) is 6.55. The molecular weight excluding hydrogens is 234 g/mol. The van der Waals surface area contributed by atoms with E-state index in [2.05, 4.69) is 32.0 Å². The summed E-state index contributed by atoms with van der Waals surface area (Å²) in [6.07, 6.45) is 6.65.